The smallest absolute Gasteiger partial charge is 0.254 e. The van der Waals surface area contributed by atoms with Crippen LogP contribution in [0.4, 0.5) is 4.39 Å². The second kappa shape index (κ2) is 7.49. The number of rotatable bonds is 5. The van der Waals surface area contributed by atoms with E-state index in [1.54, 1.807) is 6.07 Å². The Kier molecular flexibility index (Phi) is 5.14. The summed E-state index contributed by atoms with van der Waals surface area (Å²) >= 11 is 0. The van der Waals surface area contributed by atoms with Gasteiger partial charge in [-0.15, -0.1) is 0 Å². The summed E-state index contributed by atoms with van der Waals surface area (Å²) in [6.07, 6.45) is 0. The van der Waals surface area contributed by atoms with E-state index in [-0.39, 0.29) is 30.8 Å². The van der Waals surface area contributed by atoms with Crippen molar-refractivity contribution in [1.82, 2.24) is 9.88 Å². The maximum Gasteiger partial charge on any atom is 0.254 e. The van der Waals surface area contributed by atoms with E-state index in [9.17, 15) is 19.1 Å². The first-order chi connectivity index (χ1) is 12.5. The molecule has 0 radical (unpaired) electrons. The molecule has 0 aliphatic carbocycles. The minimum absolute atomic E-state index is 0.0229. The summed E-state index contributed by atoms with van der Waals surface area (Å²) in [4.78, 5) is 29.2. The summed E-state index contributed by atoms with van der Waals surface area (Å²) in [6.45, 7) is 1.76. The highest BCUT2D eigenvalue weighted by Crippen LogP contribution is 2.15. The second-order valence-electron chi connectivity index (χ2n) is 6.18. The number of benzene rings is 2. The molecule has 2 aromatic carbocycles. The first-order valence-electron chi connectivity index (χ1n) is 8.26. The summed E-state index contributed by atoms with van der Waals surface area (Å²) in [5, 5.41) is 10.2. The van der Waals surface area contributed by atoms with Gasteiger partial charge in [0.05, 0.1) is 13.2 Å². The molecule has 0 bridgehead atoms. The van der Waals surface area contributed by atoms with Crippen LogP contribution < -0.4 is 5.56 Å². The van der Waals surface area contributed by atoms with Crippen molar-refractivity contribution in [3.63, 3.8) is 0 Å². The van der Waals surface area contributed by atoms with Gasteiger partial charge in [-0.05, 0) is 48.7 Å². The van der Waals surface area contributed by atoms with E-state index in [2.05, 4.69) is 4.98 Å². The van der Waals surface area contributed by atoms with Crippen LogP contribution in [0, 0.1) is 12.7 Å². The van der Waals surface area contributed by atoms with Crippen LogP contribution in [-0.2, 0) is 6.54 Å². The summed E-state index contributed by atoms with van der Waals surface area (Å²) in [5.74, 6) is -0.957. The van der Waals surface area contributed by atoms with Crippen molar-refractivity contribution >= 4 is 16.8 Å². The number of aryl methyl sites for hydroxylation is 1. The summed E-state index contributed by atoms with van der Waals surface area (Å²) in [6, 6.07) is 12.8. The molecule has 0 unspecified atom stereocenters. The van der Waals surface area contributed by atoms with Crippen LogP contribution in [0.15, 0.2) is 53.3 Å². The number of pyridine rings is 1. The van der Waals surface area contributed by atoms with E-state index in [1.165, 1.54) is 23.1 Å². The Morgan fingerprint density at radius 2 is 2.00 bits per heavy atom. The molecule has 1 amide bonds. The molecule has 0 aliphatic rings. The highest BCUT2D eigenvalue weighted by Gasteiger charge is 2.18. The Hall–Kier alpha value is -2.99. The SMILES string of the molecule is Cc1ccc2[nH]c(=O)c(CN(CCO)C(=O)c3cccc(F)c3)cc2c1. The fourth-order valence-corrected chi connectivity index (χ4v) is 2.87. The zero-order chi connectivity index (χ0) is 18.7. The highest BCUT2D eigenvalue weighted by molar-refractivity contribution is 5.94. The molecule has 0 spiro atoms. The maximum absolute atomic E-state index is 13.4. The Morgan fingerprint density at radius 3 is 2.73 bits per heavy atom. The van der Waals surface area contributed by atoms with Crippen molar-refractivity contribution in [2.45, 2.75) is 13.5 Å². The van der Waals surface area contributed by atoms with Gasteiger partial charge in [-0.25, -0.2) is 4.39 Å². The third-order valence-electron chi connectivity index (χ3n) is 4.17. The van der Waals surface area contributed by atoms with E-state index >= 15 is 0 Å². The number of nitrogens with one attached hydrogen (secondary N) is 1. The molecule has 2 N–H and O–H groups in total. The Labute approximate surface area is 149 Å². The van der Waals surface area contributed by atoms with Crippen LogP contribution in [0.1, 0.15) is 21.5 Å². The standard InChI is InChI=1S/C20H19FN2O3/c1-13-5-6-18-15(9-13)10-16(19(25)22-18)12-23(7-8-24)20(26)14-3-2-4-17(21)11-14/h2-6,9-11,24H,7-8,12H2,1H3,(H,22,25). The predicted octanol–water partition coefficient (Wildman–Crippen LogP) is 2.61. The molecule has 1 aromatic heterocycles. The average molecular weight is 354 g/mol. The number of nitrogens with zero attached hydrogens (tertiary/aromatic N) is 1. The van der Waals surface area contributed by atoms with E-state index in [0.717, 1.165) is 22.5 Å². The van der Waals surface area contributed by atoms with E-state index in [1.807, 2.05) is 25.1 Å². The number of fused-ring (bicyclic) bond motifs is 1. The Balaban J connectivity index is 1.95. The van der Waals surface area contributed by atoms with E-state index in [0.29, 0.717) is 5.56 Å². The molecule has 0 saturated heterocycles. The minimum Gasteiger partial charge on any atom is -0.395 e. The van der Waals surface area contributed by atoms with Gasteiger partial charge in [0.25, 0.3) is 11.5 Å². The van der Waals surface area contributed by atoms with Crippen LogP contribution >= 0.6 is 0 Å². The molecule has 26 heavy (non-hydrogen) atoms. The average Bonchev–Trinajstić information content (AvgIpc) is 2.61. The molecule has 0 aliphatic heterocycles. The third kappa shape index (κ3) is 3.81. The van der Waals surface area contributed by atoms with Crippen molar-refractivity contribution in [2.24, 2.45) is 0 Å². The van der Waals surface area contributed by atoms with Gasteiger partial charge in [0, 0.05) is 23.2 Å². The van der Waals surface area contributed by atoms with Crippen molar-refractivity contribution < 1.29 is 14.3 Å². The molecule has 3 aromatic rings. The van der Waals surface area contributed by atoms with Gasteiger partial charge in [0.2, 0.25) is 0 Å². The fourth-order valence-electron chi connectivity index (χ4n) is 2.87. The summed E-state index contributed by atoms with van der Waals surface area (Å²) in [5.41, 5.74) is 2.05. The molecule has 0 atom stereocenters. The van der Waals surface area contributed by atoms with Crippen molar-refractivity contribution in [3.8, 4) is 0 Å². The molecule has 6 heteroatoms. The topological polar surface area (TPSA) is 73.4 Å². The molecule has 1 heterocycles. The number of hydrogen-bond acceptors (Lipinski definition) is 3. The van der Waals surface area contributed by atoms with Crippen molar-refractivity contribution in [3.05, 3.63) is 81.4 Å². The lowest BCUT2D eigenvalue weighted by molar-refractivity contribution is 0.0706. The lowest BCUT2D eigenvalue weighted by Gasteiger charge is -2.22. The molecule has 5 nitrogen and oxygen atoms in total. The number of aromatic nitrogens is 1. The van der Waals surface area contributed by atoms with Gasteiger partial charge in [0.15, 0.2) is 0 Å². The van der Waals surface area contributed by atoms with E-state index < -0.39 is 11.7 Å². The lowest BCUT2D eigenvalue weighted by Crippen LogP contribution is -2.35. The van der Waals surface area contributed by atoms with Crippen molar-refractivity contribution in [1.29, 1.82) is 0 Å². The van der Waals surface area contributed by atoms with Gasteiger partial charge < -0.3 is 15.0 Å². The third-order valence-corrected chi connectivity index (χ3v) is 4.17. The molecular weight excluding hydrogens is 335 g/mol. The zero-order valence-corrected chi connectivity index (χ0v) is 14.3. The Bertz CT molecular complexity index is 1010. The largest absolute Gasteiger partial charge is 0.395 e. The number of hydrogen-bond donors (Lipinski definition) is 2. The van der Waals surface area contributed by atoms with Crippen LogP contribution in [-0.4, -0.2) is 34.0 Å². The maximum atomic E-state index is 13.4. The van der Waals surface area contributed by atoms with Crippen LogP contribution in [0.3, 0.4) is 0 Å². The van der Waals surface area contributed by atoms with Crippen LogP contribution in [0.2, 0.25) is 0 Å². The number of carbonyl (C=O) groups is 1. The zero-order valence-electron chi connectivity index (χ0n) is 14.3. The Morgan fingerprint density at radius 1 is 1.19 bits per heavy atom. The lowest BCUT2D eigenvalue weighted by atomic mass is 10.1. The number of amides is 1. The fraction of sp³-hybridized carbons (Fsp3) is 0.200. The number of H-pyrrole nitrogens is 1. The van der Waals surface area contributed by atoms with Gasteiger partial charge >= 0.3 is 0 Å². The van der Waals surface area contributed by atoms with Gasteiger partial charge in [-0.2, -0.15) is 0 Å². The predicted molar refractivity (Wildman–Crippen MR) is 97.5 cm³/mol. The number of aliphatic hydroxyl groups is 1. The van der Waals surface area contributed by atoms with Gasteiger partial charge in [-0.3, -0.25) is 9.59 Å². The normalized spacial score (nSPS) is 10.9. The number of carbonyl (C=O) groups excluding carboxylic acids is 1. The quantitative estimate of drug-likeness (QED) is 0.740. The number of aliphatic hydroxyl groups excluding tert-OH is 1. The monoisotopic (exact) mass is 354 g/mol. The summed E-state index contributed by atoms with van der Waals surface area (Å²) < 4.78 is 13.4. The van der Waals surface area contributed by atoms with Crippen LogP contribution in [0.5, 0.6) is 0 Å². The summed E-state index contributed by atoms with van der Waals surface area (Å²) in [7, 11) is 0. The minimum atomic E-state index is -0.515. The number of aromatic amines is 1. The van der Waals surface area contributed by atoms with Crippen LogP contribution in [0.25, 0.3) is 10.9 Å². The highest BCUT2D eigenvalue weighted by atomic mass is 19.1. The molecule has 0 saturated carbocycles. The van der Waals surface area contributed by atoms with Gasteiger partial charge in [0.1, 0.15) is 5.82 Å². The first kappa shape index (κ1) is 17.8. The molecule has 3 rings (SSSR count). The molecule has 134 valence electrons. The molecular formula is C20H19FN2O3. The van der Waals surface area contributed by atoms with E-state index in [4.69, 9.17) is 0 Å². The second-order valence-corrected chi connectivity index (χ2v) is 6.18. The van der Waals surface area contributed by atoms with Gasteiger partial charge in [-0.1, -0.05) is 17.7 Å². The first-order valence-corrected chi connectivity index (χ1v) is 8.26. The number of halogens is 1. The molecule has 0 fully saturated rings. The van der Waals surface area contributed by atoms with Crippen molar-refractivity contribution in [2.75, 3.05) is 13.2 Å².